The van der Waals surface area contributed by atoms with E-state index in [0.717, 1.165) is 6.42 Å². The molecule has 2 saturated carbocycles. The molecule has 0 aromatic rings. The van der Waals surface area contributed by atoms with Crippen molar-refractivity contribution >= 4 is 10.0 Å². The average molecular weight is 185 g/mol. The van der Waals surface area contributed by atoms with E-state index in [0.29, 0.717) is 17.9 Å². The Morgan fingerprint density at radius 3 is 2.92 bits per heavy atom. The molecular weight excluding hydrogens is 174 g/mol. The molecule has 3 nitrogen and oxygen atoms in total. The summed E-state index contributed by atoms with van der Waals surface area (Å²) < 4.78 is 24.9. The van der Waals surface area contributed by atoms with Crippen molar-refractivity contribution < 1.29 is 8.42 Å². The highest BCUT2D eigenvalue weighted by atomic mass is 32.2. The van der Waals surface area contributed by atoms with Gasteiger partial charge in [0.05, 0.1) is 10.8 Å². The van der Waals surface area contributed by atoms with Gasteiger partial charge >= 0.3 is 0 Å². The molecule has 6 unspecified atom stereocenters. The van der Waals surface area contributed by atoms with Crippen molar-refractivity contribution in [1.29, 1.82) is 0 Å². The second-order valence-corrected chi connectivity index (χ2v) is 6.82. The first-order valence-corrected chi connectivity index (χ1v) is 6.14. The van der Waals surface area contributed by atoms with Gasteiger partial charge in [0.15, 0.2) is 0 Å². The molecule has 2 bridgehead atoms. The zero-order valence-corrected chi connectivity index (χ0v) is 7.71. The van der Waals surface area contributed by atoms with Crippen LogP contribution in [0.25, 0.3) is 0 Å². The average Bonchev–Trinajstić information content (AvgIpc) is 2.36. The quantitative estimate of drug-likeness (QED) is 0.505. The zero-order valence-electron chi connectivity index (χ0n) is 6.90. The lowest BCUT2D eigenvalue weighted by molar-refractivity contribution is 0.363. The second kappa shape index (κ2) is 1.28. The zero-order chi connectivity index (χ0) is 8.30. The summed E-state index contributed by atoms with van der Waals surface area (Å²) in [6.07, 6.45) is 2.12. The number of nitrogens with zero attached hydrogens (tertiary/aromatic N) is 1. The molecule has 0 N–H and O–H groups in total. The molecule has 6 atom stereocenters. The lowest BCUT2D eigenvalue weighted by atomic mass is 9.90. The molecule has 2 aliphatic carbocycles. The van der Waals surface area contributed by atoms with Gasteiger partial charge in [-0.3, -0.25) is 0 Å². The normalized spacial score (nSPS) is 73.6. The highest BCUT2D eigenvalue weighted by Crippen LogP contribution is 2.76. The molecule has 1 spiro atoms. The van der Waals surface area contributed by atoms with Gasteiger partial charge in [-0.05, 0) is 24.7 Å². The second-order valence-electron chi connectivity index (χ2n) is 4.82. The van der Waals surface area contributed by atoms with Crippen molar-refractivity contribution in [2.45, 2.75) is 36.6 Å². The highest BCUT2D eigenvalue weighted by Gasteiger charge is 2.91. The number of hydrogen-bond acceptors (Lipinski definition) is 2. The maximum absolute atomic E-state index is 11.6. The first kappa shape index (κ1) is 6.38. The van der Waals surface area contributed by atoms with Crippen molar-refractivity contribution in [3.8, 4) is 0 Å². The Balaban J connectivity index is 1.99. The fourth-order valence-corrected chi connectivity index (χ4v) is 7.09. The predicted octanol–water partition coefficient (Wildman–Crippen LogP) is 0.181. The number of rotatable bonds is 0. The summed E-state index contributed by atoms with van der Waals surface area (Å²) in [5, 5.41) is 0.0381. The minimum atomic E-state index is -2.78. The molecule has 2 saturated heterocycles. The largest absolute Gasteiger partial charge is 0.219 e. The Hall–Kier alpha value is -0.0900. The lowest BCUT2D eigenvalue weighted by Gasteiger charge is -2.29. The minimum Gasteiger partial charge on any atom is -0.212 e. The van der Waals surface area contributed by atoms with Gasteiger partial charge in [0.25, 0.3) is 0 Å². The van der Waals surface area contributed by atoms with E-state index in [1.54, 1.807) is 4.31 Å². The van der Waals surface area contributed by atoms with E-state index in [1.807, 2.05) is 0 Å². The summed E-state index contributed by atoms with van der Waals surface area (Å²) in [4.78, 5) is 0. The summed E-state index contributed by atoms with van der Waals surface area (Å²) in [5.41, 5.74) is 0.183. The SMILES string of the molecule is CC1C2CC3C4(C2)C1N4S3(=O)=O. The molecule has 0 aromatic carbocycles. The Bertz CT molecular complexity index is 390. The van der Waals surface area contributed by atoms with Crippen LogP contribution in [0.2, 0.25) is 0 Å². The molecule has 2 aliphatic heterocycles. The van der Waals surface area contributed by atoms with Gasteiger partial charge in [-0.15, -0.1) is 0 Å². The molecule has 0 amide bonds. The van der Waals surface area contributed by atoms with Crippen LogP contribution in [0.15, 0.2) is 0 Å². The highest BCUT2D eigenvalue weighted by molar-refractivity contribution is 7.91. The van der Waals surface area contributed by atoms with Crippen molar-refractivity contribution in [3.63, 3.8) is 0 Å². The van der Waals surface area contributed by atoms with E-state index in [1.165, 1.54) is 6.42 Å². The molecule has 4 fully saturated rings. The van der Waals surface area contributed by atoms with Gasteiger partial charge in [0.1, 0.15) is 0 Å². The molecule has 4 heteroatoms. The Labute approximate surface area is 71.8 Å². The van der Waals surface area contributed by atoms with E-state index in [9.17, 15) is 8.42 Å². The van der Waals surface area contributed by atoms with Crippen LogP contribution in [0.3, 0.4) is 0 Å². The van der Waals surface area contributed by atoms with Crippen molar-refractivity contribution in [3.05, 3.63) is 0 Å². The summed E-state index contributed by atoms with van der Waals surface area (Å²) in [6, 6.07) is 0.422. The molecule has 4 rings (SSSR count). The van der Waals surface area contributed by atoms with Crippen LogP contribution >= 0.6 is 0 Å². The van der Waals surface area contributed by atoms with Gasteiger partial charge in [-0.25, -0.2) is 8.42 Å². The van der Waals surface area contributed by atoms with E-state index in [-0.39, 0.29) is 10.8 Å². The number of piperidine rings is 1. The standard InChI is InChI=1S/C8H11NO2S/c1-4-5-2-6-8(3-5)7(4)9(8)12(6,10)11/h4-7H,2-3H2,1H3. The molecule has 0 aromatic heterocycles. The predicted molar refractivity (Wildman–Crippen MR) is 43.0 cm³/mol. The van der Waals surface area contributed by atoms with Crippen LogP contribution in [-0.2, 0) is 10.0 Å². The van der Waals surface area contributed by atoms with Gasteiger partial charge in [0.2, 0.25) is 10.0 Å². The molecular formula is C8H11NO2S. The van der Waals surface area contributed by atoms with Crippen LogP contribution in [0.5, 0.6) is 0 Å². The smallest absolute Gasteiger partial charge is 0.212 e. The molecule has 0 radical (unpaired) electrons. The monoisotopic (exact) mass is 185 g/mol. The topological polar surface area (TPSA) is 37.1 Å². The maximum atomic E-state index is 11.6. The molecule has 66 valence electrons. The lowest BCUT2D eigenvalue weighted by Crippen LogP contribution is -2.50. The van der Waals surface area contributed by atoms with E-state index >= 15 is 0 Å². The van der Waals surface area contributed by atoms with Crippen molar-refractivity contribution in [1.82, 2.24) is 4.31 Å². The van der Waals surface area contributed by atoms with Crippen LogP contribution < -0.4 is 0 Å². The summed E-state index contributed by atoms with van der Waals surface area (Å²) in [6.45, 7) is 2.22. The molecule has 4 aliphatic rings. The van der Waals surface area contributed by atoms with Crippen LogP contribution in [0.1, 0.15) is 19.8 Å². The number of hydrogen-bond donors (Lipinski definition) is 0. The van der Waals surface area contributed by atoms with Gasteiger partial charge in [-0.1, -0.05) is 6.92 Å². The van der Waals surface area contributed by atoms with Crippen LogP contribution in [0, 0.1) is 11.8 Å². The summed E-state index contributed by atoms with van der Waals surface area (Å²) in [5.74, 6) is 1.35. The van der Waals surface area contributed by atoms with E-state index < -0.39 is 10.0 Å². The minimum absolute atomic E-state index is 0.0381. The third-order valence-electron chi connectivity index (χ3n) is 4.65. The third-order valence-corrected chi connectivity index (χ3v) is 7.08. The Morgan fingerprint density at radius 1 is 1.50 bits per heavy atom. The van der Waals surface area contributed by atoms with Crippen molar-refractivity contribution in [2.75, 3.05) is 0 Å². The van der Waals surface area contributed by atoms with Crippen molar-refractivity contribution in [2.24, 2.45) is 11.8 Å². The third kappa shape index (κ3) is 0.329. The molecule has 2 heterocycles. The number of sulfonamides is 1. The summed E-state index contributed by atoms with van der Waals surface area (Å²) in [7, 11) is -2.78. The fraction of sp³-hybridized carbons (Fsp3) is 1.00. The maximum Gasteiger partial charge on any atom is 0.219 e. The first-order valence-electron chi connectivity index (χ1n) is 4.63. The van der Waals surface area contributed by atoms with E-state index in [2.05, 4.69) is 6.92 Å². The van der Waals surface area contributed by atoms with Gasteiger partial charge in [-0.2, -0.15) is 4.31 Å². The Morgan fingerprint density at radius 2 is 2.25 bits per heavy atom. The molecule has 12 heavy (non-hydrogen) atoms. The summed E-state index contributed by atoms with van der Waals surface area (Å²) >= 11 is 0. The Kier molecular flexibility index (Phi) is 0.681. The number of fused-ring (bicyclic) bond motifs is 2. The van der Waals surface area contributed by atoms with Gasteiger partial charge < -0.3 is 0 Å². The van der Waals surface area contributed by atoms with Gasteiger partial charge in [0, 0.05) is 6.04 Å². The van der Waals surface area contributed by atoms with Crippen LogP contribution in [0.4, 0.5) is 0 Å². The fourth-order valence-electron chi connectivity index (χ4n) is 4.19. The van der Waals surface area contributed by atoms with E-state index in [4.69, 9.17) is 0 Å². The van der Waals surface area contributed by atoms with Crippen LogP contribution in [-0.4, -0.2) is 29.6 Å². The first-order chi connectivity index (χ1) is 5.60.